The third kappa shape index (κ3) is 5.16. The molecular weight excluding hydrogens is 286 g/mol. The minimum Gasteiger partial charge on any atom is -0.467 e. The molecule has 118 valence electrons. The van der Waals surface area contributed by atoms with E-state index in [1.54, 1.807) is 0 Å². The lowest BCUT2D eigenvalue weighted by molar-refractivity contribution is -0.143. The van der Waals surface area contributed by atoms with E-state index in [1.165, 1.54) is 28.9 Å². The SMILES string of the molecule is CCCc1cc(C(=O)NC(CC(C)C)C(=O)OC)sc1C. The predicted octanol–water partition coefficient (Wildman–Crippen LogP) is 3.33. The number of aryl methyl sites for hydroxylation is 2. The van der Waals surface area contributed by atoms with Crippen molar-refractivity contribution in [3.05, 3.63) is 21.4 Å². The fourth-order valence-corrected chi connectivity index (χ4v) is 3.18. The molecule has 5 heteroatoms. The van der Waals surface area contributed by atoms with Gasteiger partial charge in [0.25, 0.3) is 5.91 Å². The van der Waals surface area contributed by atoms with Gasteiger partial charge < -0.3 is 10.1 Å². The van der Waals surface area contributed by atoms with E-state index in [9.17, 15) is 9.59 Å². The number of carbonyl (C=O) groups excluding carboxylic acids is 2. The van der Waals surface area contributed by atoms with Crippen molar-refractivity contribution in [2.24, 2.45) is 5.92 Å². The van der Waals surface area contributed by atoms with Gasteiger partial charge in [-0.05, 0) is 37.3 Å². The molecule has 1 aromatic rings. The molecule has 1 rings (SSSR count). The van der Waals surface area contributed by atoms with Gasteiger partial charge in [0.1, 0.15) is 6.04 Å². The second-order valence-corrected chi connectivity index (χ2v) is 6.88. The standard InChI is InChI=1S/C16H25NO3S/c1-6-7-12-9-14(21-11(12)4)15(18)17-13(8-10(2)3)16(19)20-5/h9-10,13H,6-8H2,1-5H3,(H,17,18). The smallest absolute Gasteiger partial charge is 0.328 e. The molecule has 0 aliphatic heterocycles. The Bertz CT molecular complexity index is 494. The van der Waals surface area contributed by atoms with Crippen LogP contribution in [0, 0.1) is 12.8 Å². The van der Waals surface area contributed by atoms with E-state index in [0.29, 0.717) is 17.2 Å². The Morgan fingerprint density at radius 3 is 2.57 bits per heavy atom. The zero-order chi connectivity index (χ0) is 16.0. The van der Waals surface area contributed by atoms with Crippen molar-refractivity contribution < 1.29 is 14.3 Å². The highest BCUT2D eigenvalue weighted by Gasteiger charge is 2.24. The average molecular weight is 311 g/mol. The Morgan fingerprint density at radius 1 is 1.38 bits per heavy atom. The monoisotopic (exact) mass is 311 g/mol. The van der Waals surface area contributed by atoms with Crippen LogP contribution in [-0.4, -0.2) is 25.0 Å². The van der Waals surface area contributed by atoms with Gasteiger partial charge in [0.05, 0.1) is 12.0 Å². The molecule has 0 fully saturated rings. The number of carbonyl (C=O) groups is 2. The van der Waals surface area contributed by atoms with Crippen LogP contribution in [0.1, 0.15) is 53.7 Å². The lowest BCUT2D eigenvalue weighted by atomic mass is 10.0. The Labute approximate surface area is 130 Å². The molecule has 1 N–H and O–H groups in total. The summed E-state index contributed by atoms with van der Waals surface area (Å²) in [4.78, 5) is 25.9. The van der Waals surface area contributed by atoms with Crippen molar-refractivity contribution >= 4 is 23.2 Å². The van der Waals surface area contributed by atoms with Crippen molar-refractivity contribution in [1.29, 1.82) is 0 Å². The zero-order valence-corrected chi connectivity index (χ0v) is 14.3. The van der Waals surface area contributed by atoms with Crippen LogP contribution in [-0.2, 0) is 16.0 Å². The number of thiophene rings is 1. The predicted molar refractivity (Wildman–Crippen MR) is 85.8 cm³/mol. The van der Waals surface area contributed by atoms with E-state index in [0.717, 1.165) is 12.8 Å². The highest BCUT2D eigenvalue weighted by Crippen LogP contribution is 2.23. The maximum absolute atomic E-state index is 12.3. The highest BCUT2D eigenvalue weighted by atomic mass is 32.1. The van der Waals surface area contributed by atoms with Crippen LogP contribution in [0.3, 0.4) is 0 Å². The molecule has 0 aliphatic rings. The lowest BCUT2D eigenvalue weighted by Crippen LogP contribution is -2.42. The summed E-state index contributed by atoms with van der Waals surface area (Å²) >= 11 is 1.48. The van der Waals surface area contributed by atoms with Gasteiger partial charge >= 0.3 is 5.97 Å². The first-order chi connectivity index (χ1) is 9.88. The van der Waals surface area contributed by atoms with Gasteiger partial charge in [0.2, 0.25) is 0 Å². The summed E-state index contributed by atoms with van der Waals surface area (Å²) in [5.74, 6) is -0.282. The van der Waals surface area contributed by atoms with Crippen LogP contribution in [0.5, 0.6) is 0 Å². The number of hydrogen-bond acceptors (Lipinski definition) is 4. The lowest BCUT2D eigenvalue weighted by Gasteiger charge is -2.17. The first kappa shape index (κ1) is 17.7. The molecule has 1 unspecified atom stereocenters. The Hall–Kier alpha value is -1.36. The van der Waals surface area contributed by atoms with Crippen molar-refractivity contribution in [3.63, 3.8) is 0 Å². The molecule has 0 bridgehead atoms. The van der Waals surface area contributed by atoms with E-state index < -0.39 is 6.04 Å². The highest BCUT2D eigenvalue weighted by molar-refractivity contribution is 7.14. The summed E-state index contributed by atoms with van der Waals surface area (Å²) in [6.07, 6.45) is 2.60. The summed E-state index contributed by atoms with van der Waals surface area (Å²) in [7, 11) is 1.34. The number of ether oxygens (including phenoxy) is 1. The molecule has 0 aromatic carbocycles. The van der Waals surface area contributed by atoms with Crippen LogP contribution in [0.4, 0.5) is 0 Å². The summed E-state index contributed by atoms with van der Waals surface area (Å²) in [5.41, 5.74) is 1.21. The second kappa shape index (κ2) is 8.17. The van der Waals surface area contributed by atoms with Gasteiger partial charge in [0.15, 0.2) is 0 Å². The fourth-order valence-electron chi connectivity index (χ4n) is 2.21. The zero-order valence-electron chi connectivity index (χ0n) is 13.5. The van der Waals surface area contributed by atoms with Gasteiger partial charge in [-0.1, -0.05) is 27.2 Å². The summed E-state index contributed by atoms with van der Waals surface area (Å²) < 4.78 is 4.77. The van der Waals surface area contributed by atoms with Gasteiger partial charge in [-0.3, -0.25) is 4.79 Å². The van der Waals surface area contributed by atoms with Gasteiger partial charge in [-0.25, -0.2) is 4.79 Å². The number of rotatable bonds is 7. The van der Waals surface area contributed by atoms with Gasteiger partial charge in [0, 0.05) is 4.88 Å². The topological polar surface area (TPSA) is 55.4 Å². The first-order valence-corrected chi connectivity index (χ1v) is 8.18. The normalized spacial score (nSPS) is 12.3. The van der Waals surface area contributed by atoms with E-state index >= 15 is 0 Å². The molecule has 0 saturated heterocycles. The first-order valence-electron chi connectivity index (χ1n) is 7.37. The molecule has 1 heterocycles. The van der Waals surface area contributed by atoms with Crippen LogP contribution < -0.4 is 5.32 Å². The molecule has 4 nitrogen and oxygen atoms in total. The van der Waals surface area contributed by atoms with E-state index in [4.69, 9.17) is 4.74 Å². The number of nitrogens with one attached hydrogen (secondary N) is 1. The Balaban J connectivity index is 2.81. The summed E-state index contributed by atoms with van der Waals surface area (Å²) in [6, 6.07) is 1.35. The molecule has 1 aromatic heterocycles. The van der Waals surface area contributed by atoms with Gasteiger partial charge in [-0.2, -0.15) is 0 Å². The third-order valence-electron chi connectivity index (χ3n) is 3.26. The Morgan fingerprint density at radius 2 is 2.05 bits per heavy atom. The van der Waals surface area contributed by atoms with E-state index in [-0.39, 0.29) is 11.9 Å². The summed E-state index contributed by atoms with van der Waals surface area (Å²) in [5, 5.41) is 2.79. The Kier molecular flexibility index (Phi) is 6.89. The summed E-state index contributed by atoms with van der Waals surface area (Å²) in [6.45, 7) is 8.17. The molecule has 0 radical (unpaired) electrons. The van der Waals surface area contributed by atoms with Crippen molar-refractivity contribution in [2.75, 3.05) is 7.11 Å². The van der Waals surface area contributed by atoms with Crippen LogP contribution in [0.15, 0.2) is 6.07 Å². The second-order valence-electron chi connectivity index (χ2n) is 5.62. The minimum atomic E-state index is -0.584. The van der Waals surface area contributed by atoms with E-state index in [1.807, 2.05) is 26.8 Å². The van der Waals surface area contributed by atoms with Crippen LogP contribution in [0.25, 0.3) is 0 Å². The van der Waals surface area contributed by atoms with Crippen molar-refractivity contribution in [1.82, 2.24) is 5.32 Å². The van der Waals surface area contributed by atoms with Crippen molar-refractivity contribution in [2.45, 2.75) is 53.0 Å². The molecule has 0 spiro atoms. The molecule has 21 heavy (non-hydrogen) atoms. The molecule has 0 saturated carbocycles. The number of esters is 1. The number of methoxy groups -OCH3 is 1. The molecular formula is C16H25NO3S. The molecule has 0 aliphatic carbocycles. The average Bonchev–Trinajstić information content (AvgIpc) is 2.78. The van der Waals surface area contributed by atoms with Crippen LogP contribution >= 0.6 is 11.3 Å². The van der Waals surface area contributed by atoms with Crippen LogP contribution in [0.2, 0.25) is 0 Å². The van der Waals surface area contributed by atoms with Gasteiger partial charge in [-0.15, -0.1) is 11.3 Å². The fraction of sp³-hybridized carbons (Fsp3) is 0.625. The maximum atomic E-state index is 12.3. The minimum absolute atomic E-state index is 0.193. The maximum Gasteiger partial charge on any atom is 0.328 e. The number of amides is 1. The molecule has 1 amide bonds. The largest absolute Gasteiger partial charge is 0.467 e. The third-order valence-corrected chi connectivity index (χ3v) is 4.35. The van der Waals surface area contributed by atoms with E-state index in [2.05, 4.69) is 12.2 Å². The van der Waals surface area contributed by atoms with Crippen molar-refractivity contribution in [3.8, 4) is 0 Å². The quantitative estimate of drug-likeness (QED) is 0.786. The number of hydrogen-bond donors (Lipinski definition) is 1. The molecule has 1 atom stereocenters.